The Hall–Kier alpha value is -4.21. The lowest BCUT2D eigenvalue weighted by Gasteiger charge is -2.24. The molecule has 5 rings (SSSR count). The van der Waals surface area contributed by atoms with Crippen molar-refractivity contribution in [2.75, 3.05) is 27.3 Å². The van der Waals surface area contributed by atoms with Gasteiger partial charge in [0.25, 0.3) is 11.8 Å². The molecule has 0 radical (unpaired) electrons. The monoisotopic (exact) mass is 503 g/mol. The topological polar surface area (TPSA) is 112 Å². The molecule has 10 nitrogen and oxygen atoms in total. The minimum atomic E-state index is -0.143. The van der Waals surface area contributed by atoms with Crippen LogP contribution < -0.4 is 9.47 Å². The van der Waals surface area contributed by atoms with Crippen LogP contribution in [0.15, 0.2) is 53.4 Å². The molecule has 4 heterocycles. The number of aromatic nitrogens is 4. The van der Waals surface area contributed by atoms with Gasteiger partial charge in [0, 0.05) is 37.3 Å². The van der Waals surface area contributed by atoms with Crippen LogP contribution in [-0.2, 0) is 0 Å². The average molecular weight is 504 g/mol. The lowest BCUT2D eigenvalue weighted by molar-refractivity contribution is 0.0729. The van der Waals surface area contributed by atoms with Crippen molar-refractivity contribution in [3.63, 3.8) is 0 Å². The van der Waals surface area contributed by atoms with Crippen LogP contribution in [0, 0.1) is 11.8 Å². The van der Waals surface area contributed by atoms with Crippen LogP contribution >= 0.6 is 0 Å². The van der Waals surface area contributed by atoms with E-state index in [2.05, 4.69) is 22.0 Å². The van der Waals surface area contributed by atoms with E-state index in [0.717, 1.165) is 24.1 Å². The summed E-state index contributed by atoms with van der Waals surface area (Å²) in [7, 11) is 3.18. The molecule has 0 aliphatic carbocycles. The first-order chi connectivity index (χ1) is 18.0. The molecule has 10 heteroatoms. The number of oxazole rings is 1. The standard InChI is InChI=1S/C27H29N5O5/c1-17-16-31(11-4-5-18(17)13-22(33)26-29-10-12-37-26)27(34)20-15-25-28-9-8-21(32(25)30-20)19-6-7-23(35-2)24(14-19)36-3/h6-10,12,14-15,17-18H,4-5,11,13,16H2,1-3H3/t17-,18?/m0/s1. The normalized spacial score (nSPS) is 18.0. The molecule has 2 atom stereocenters. The minimum absolute atomic E-state index is 0.101. The Morgan fingerprint density at radius 1 is 1.08 bits per heavy atom. The highest BCUT2D eigenvalue weighted by Crippen LogP contribution is 2.33. The molecule has 37 heavy (non-hydrogen) atoms. The quantitative estimate of drug-likeness (QED) is 0.346. The van der Waals surface area contributed by atoms with Gasteiger partial charge in [-0.1, -0.05) is 6.92 Å². The van der Waals surface area contributed by atoms with E-state index in [1.165, 1.54) is 12.5 Å². The maximum absolute atomic E-state index is 13.5. The van der Waals surface area contributed by atoms with Gasteiger partial charge < -0.3 is 18.8 Å². The number of methoxy groups -OCH3 is 2. The molecule has 1 fully saturated rings. The van der Waals surface area contributed by atoms with Gasteiger partial charge in [-0.2, -0.15) is 5.10 Å². The maximum Gasteiger partial charge on any atom is 0.274 e. The van der Waals surface area contributed by atoms with Crippen molar-refractivity contribution in [3.8, 4) is 22.8 Å². The van der Waals surface area contributed by atoms with Crippen molar-refractivity contribution in [2.24, 2.45) is 11.8 Å². The maximum atomic E-state index is 13.5. The van der Waals surface area contributed by atoms with Gasteiger partial charge in [-0.3, -0.25) is 9.59 Å². The number of fused-ring (bicyclic) bond motifs is 1. The first-order valence-corrected chi connectivity index (χ1v) is 12.3. The number of amides is 1. The summed E-state index contributed by atoms with van der Waals surface area (Å²) in [4.78, 5) is 36.2. The van der Waals surface area contributed by atoms with E-state index in [-0.39, 0.29) is 29.4 Å². The predicted octanol–water partition coefficient (Wildman–Crippen LogP) is 4.16. The van der Waals surface area contributed by atoms with Crippen molar-refractivity contribution in [1.29, 1.82) is 0 Å². The summed E-state index contributed by atoms with van der Waals surface area (Å²) >= 11 is 0. The fourth-order valence-electron chi connectivity index (χ4n) is 4.97. The number of hydrogen-bond donors (Lipinski definition) is 0. The number of rotatable bonds is 7. The minimum Gasteiger partial charge on any atom is -0.493 e. The van der Waals surface area contributed by atoms with Gasteiger partial charge in [0.1, 0.15) is 6.26 Å². The summed E-state index contributed by atoms with van der Waals surface area (Å²) in [5.74, 6) is 1.42. The predicted molar refractivity (Wildman–Crippen MR) is 135 cm³/mol. The first kappa shape index (κ1) is 24.5. The van der Waals surface area contributed by atoms with Crippen molar-refractivity contribution < 1.29 is 23.5 Å². The Morgan fingerprint density at radius 3 is 2.68 bits per heavy atom. The van der Waals surface area contributed by atoms with Crippen LogP contribution in [0.3, 0.4) is 0 Å². The molecule has 0 saturated carbocycles. The molecular weight excluding hydrogens is 474 g/mol. The van der Waals surface area contributed by atoms with Crippen molar-refractivity contribution in [1.82, 2.24) is 24.5 Å². The van der Waals surface area contributed by atoms with Crippen molar-refractivity contribution in [3.05, 3.63) is 60.6 Å². The van der Waals surface area contributed by atoms with E-state index in [0.29, 0.717) is 42.4 Å². The van der Waals surface area contributed by atoms with Crippen LogP contribution in [0.4, 0.5) is 0 Å². The van der Waals surface area contributed by atoms with Gasteiger partial charge in [-0.25, -0.2) is 14.5 Å². The van der Waals surface area contributed by atoms with E-state index in [4.69, 9.17) is 13.9 Å². The largest absolute Gasteiger partial charge is 0.493 e. The molecule has 1 aliphatic heterocycles. The van der Waals surface area contributed by atoms with Crippen molar-refractivity contribution in [2.45, 2.75) is 26.2 Å². The molecule has 4 aromatic rings. The Balaban J connectivity index is 1.36. The number of ether oxygens (including phenoxy) is 2. The number of likely N-dealkylation sites (tertiary alicyclic amines) is 1. The summed E-state index contributed by atoms with van der Waals surface area (Å²) in [6.45, 7) is 3.24. The smallest absolute Gasteiger partial charge is 0.274 e. The first-order valence-electron chi connectivity index (χ1n) is 12.3. The van der Waals surface area contributed by atoms with E-state index in [9.17, 15) is 9.59 Å². The fraction of sp³-hybridized carbons (Fsp3) is 0.370. The summed E-state index contributed by atoms with van der Waals surface area (Å²) in [6, 6.07) is 9.17. The number of nitrogens with zero attached hydrogens (tertiary/aromatic N) is 5. The highest BCUT2D eigenvalue weighted by molar-refractivity contribution is 5.94. The number of carbonyl (C=O) groups is 2. The van der Waals surface area contributed by atoms with E-state index >= 15 is 0 Å². The molecule has 0 N–H and O–H groups in total. The van der Waals surface area contributed by atoms with Crippen LogP contribution in [0.5, 0.6) is 11.5 Å². The molecule has 0 spiro atoms. The molecule has 1 unspecified atom stereocenters. The molecule has 0 bridgehead atoms. The molecule has 1 saturated heterocycles. The lowest BCUT2D eigenvalue weighted by Crippen LogP contribution is -2.35. The van der Waals surface area contributed by atoms with Crippen LogP contribution in [0.1, 0.15) is 47.4 Å². The lowest BCUT2D eigenvalue weighted by atomic mass is 9.86. The zero-order valence-corrected chi connectivity index (χ0v) is 21.1. The second kappa shape index (κ2) is 10.4. The van der Waals surface area contributed by atoms with Gasteiger partial charge in [-0.05, 0) is 48.9 Å². The Morgan fingerprint density at radius 2 is 1.92 bits per heavy atom. The average Bonchev–Trinajstić information content (AvgIpc) is 3.58. The fourth-order valence-corrected chi connectivity index (χ4v) is 4.97. The molecular formula is C27H29N5O5. The molecule has 192 valence electrons. The molecule has 1 aromatic carbocycles. The third-order valence-electron chi connectivity index (χ3n) is 6.98. The highest BCUT2D eigenvalue weighted by Gasteiger charge is 2.30. The number of Topliss-reactive ketones (excluding diaryl/α,β-unsaturated/α-hetero) is 1. The highest BCUT2D eigenvalue weighted by atomic mass is 16.5. The van der Waals surface area contributed by atoms with Gasteiger partial charge in [-0.15, -0.1) is 0 Å². The second-order valence-corrected chi connectivity index (χ2v) is 9.29. The zero-order chi connectivity index (χ0) is 25.9. The van der Waals surface area contributed by atoms with Gasteiger partial charge in [0.15, 0.2) is 22.8 Å². The van der Waals surface area contributed by atoms with E-state index in [1.54, 1.807) is 31.0 Å². The zero-order valence-electron chi connectivity index (χ0n) is 21.1. The van der Waals surface area contributed by atoms with Crippen molar-refractivity contribution >= 4 is 17.3 Å². The SMILES string of the molecule is COc1ccc(-c2ccnc3cc(C(=O)N4CCCC(CC(=O)c5ncco5)[C@@H](C)C4)nn23)cc1OC. The second-order valence-electron chi connectivity index (χ2n) is 9.29. The van der Waals surface area contributed by atoms with Gasteiger partial charge in [0.2, 0.25) is 5.78 Å². The van der Waals surface area contributed by atoms with Gasteiger partial charge in [0.05, 0.1) is 26.1 Å². The van der Waals surface area contributed by atoms with E-state index in [1.807, 2.05) is 29.2 Å². The number of hydrogen-bond acceptors (Lipinski definition) is 8. The Kier molecular flexibility index (Phi) is 6.89. The molecule has 1 aliphatic rings. The number of carbonyl (C=O) groups excluding carboxylic acids is 2. The molecule has 3 aromatic heterocycles. The van der Waals surface area contributed by atoms with E-state index < -0.39 is 0 Å². The Labute approximate surface area is 214 Å². The Bertz CT molecular complexity index is 1410. The van der Waals surface area contributed by atoms with Crippen LogP contribution in [0.25, 0.3) is 16.9 Å². The van der Waals surface area contributed by atoms with Gasteiger partial charge >= 0.3 is 0 Å². The van der Waals surface area contributed by atoms with Crippen LogP contribution in [0.2, 0.25) is 0 Å². The third kappa shape index (κ3) is 4.91. The summed E-state index contributed by atoms with van der Waals surface area (Å²) < 4.78 is 17.6. The molecule has 1 amide bonds. The third-order valence-corrected chi connectivity index (χ3v) is 6.98. The summed E-state index contributed by atoms with van der Waals surface area (Å²) in [6.07, 6.45) is 6.60. The summed E-state index contributed by atoms with van der Waals surface area (Å²) in [5.41, 5.74) is 2.54. The number of ketones is 1. The van der Waals surface area contributed by atoms with Crippen LogP contribution in [-0.4, -0.2) is 63.5 Å². The summed E-state index contributed by atoms with van der Waals surface area (Å²) in [5, 5.41) is 4.64. The number of benzene rings is 1.